The summed E-state index contributed by atoms with van der Waals surface area (Å²) in [6.45, 7) is 0. The molecule has 8 nitrogen and oxygen atoms in total. The Bertz CT molecular complexity index is 866. The maximum absolute atomic E-state index is 12.6. The fourth-order valence-corrected chi connectivity index (χ4v) is 2.47. The minimum atomic E-state index is -0.945. The van der Waals surface area contributed by atoms with Crippen molar-refractivity contribution in [3.8, 4) is 11.5 Å². The van der Waals surface area contributed by atoms with E-state index in [4.69, 9.17) is 14.6 Å². The van der Waals surface area contributed by atoms with Gasteiger partial charge in [-0.15, -0.1) is 0 Å². The second-order valence-electron chi connectivity index (χ2n) is 5.90. The van der Waals surface area contributed by atoms with Crippen LogP contribution in [0.5, 0.6) is 11.5 Å². The Morgan fingerprint density at radius 1 is 0.964 bits per heavy atom. The number of aliphatic carboxylic acids is 1. The number of carboxylic acids is 1. The van der Waals surface area contributed by atoms with Gasteiger partial charge in [-0.05, 0) is 36.8 Å². The van der Waals surface area contributed by atoms with Gasteiger partial charge in [0.1, 0.15) is 11.5 Å². The van der Waals surface area contributed by atoms with Crippen molar-refractivity contribution in [1.29, 1.82) is 0 Å². The molecule has 0 saturated carbocycles. The number of benzene rings is 2. The van der Waals surface area contributed by atoms with E-state index in [0.717, 1.165) is 0 Å². The summed E-state index contributed by atoms with van der Waals surface area (Å²) in [4.78, 5) is 35.0. The highest BCUT2D eigenvalue weighted by molar-refractivity contribution is 6.06. The molecule has 2 aromatic carbocycles. The number of carbonyl (C=O) groups is 3. The number of nitrogens with one attached hydrogen (secondary N) is 2. The molecule has 2 aromatic rings. The Labute approximate surface area is 162 Å². The first kappa shape index (κ1) is 20.8. The highest BCUT2D eigenvalue weighted by atomic mass is 16.5. The highest BCUT2D eigenvalue weighted by Crippen LogP contribution is 2.29. The summed E-state index contributed by atoms with van der Waals surface area (Å²) in [5.41, 5.74) is 1.24. The molecule has 0 heterocycles. The van der Waals surface area contributed by atoms with Crippen molar-refractivity contribution in [2.24, 2.45) is 0 Å². The van der Waals surface area contributed by atoms with Gasteiger partial charge >= 0.3 is 5.97 Å². The number of rotatable bonds is 9. The van der Waals surface area contributed by atoms with Crippen LogP contribution in [0.15, 0.2) is 42.5 Å². The number of hydrogen-bond donors (Lipinski definition) is 3. The largest absolute Gasteiger partial charge is 0.497 e. The van der Waals surface area contributed by atoms with E-state index >= 15 is 0 Å². The molecule has 0 unspecified atom stereocenters. The normalized spacial score (nSPS) is 10.1. The molecule has 0 fully saturated rings. The molecular weight excluding hydrogens is 364 g/mol. The standard InChI is InChI=1S/C20H22N2O6/c1-27-15-9-10-17(28-2)16(12-15)22-20(26)13-5-3-6-14(11-13)21-18(23)7-4-8-19(24)25/h3,5-6,9-12H,4,7-8H2,1-2H3,(H,21,23)(H,22,26)(H,24,25). The third-order valence-corrected chi connectivity index (χ3v) is 3.86. The van der Waals surface area contributed by atoms with Gasteiger partial charge in [0.15, 0.2) is 0 Å². The van der Waals surface area contributed by atoms with Gasteiger partial charge in [-0.2, -0.15) is 0 Å². The van der Waals surface area contributed by atoms with E-state index in [9.17, 15) is 14.4 Å². The van der Waals surface area contributed by atoms with Crippen LogP contribution in [-0.4, -0.2) is 37.1 Å². The lowest BCUT2D eigenvalue weighted by Gasteiger charge is -2.12. The predicted molar refractivity (Wildman–Crippen MR) is 104 cm³/mol. The van der Waals surface area contributed by atoms with Gasteiger partial charge in [-0.25, -0.2) is 0 Å². The fraction of sp³-hybridized carbons (Fsp3) is 0.250. The zero-order valence-electron chi connectivity index (χ0n) is 15.7. The van der Waals surface area contributed by atoms with Crippen LogP contribution in [-0.2, 0) is 9.59 Å². The van der Waals surface area contributed by atoms with Gasteiger partial charge in [-0.3, -0.25) is 14.4 Å². The smallest absolute Gasteiger partial charge is 0.303 e. The monoisotopic (exact) mass is 386 g/mol. The SMILES string of the molecule is COc1ccc(OC)c(NC(=O)c2cccc(NC(=O)CCCC(=O)O)c2)c1. The van der Waals surface area contributed by atoms with E-state index in [1.165, 1.54) is 20.3 Å². The molecule has 0 bridgehead atoms. The van der Waals surface area contributed by atoms with Crippen molar-refractivity contribution in [2.75, 3.05) is 24.9 Å². The Morgan fingerprint density at radius 3 is 2.43 bits per heavy atom. The summed E-state index contributed by atoms with van der Waals surface area (Å²) in [5, 5.41) is 14.0. The molecule has 0 aliphatic heterocycles. The van der Waals surface area contributed by atoms with Crippen LogP contribution < -0.4 is 20.1 Å². The summed E-state index contributed by atoms with van der Waals surface area (Å²) in [7, 11) is 3.02. The van der Waals surface area contributed by atoms with Crippen molar-refractivity contribution < 1.29 is 29.0 Å². The minimum Gasteiger partial charge on any atom is -0.497 e. The quantitative estimate of drug-likeness (QED) is 0.610. The van der Waals surface area contributed by atoms with Gasteiger partial charge in [-0.1, -0.05) is 6.07 Å². The van der Waals surface area contributed by atoms with Gasteiger partial charge < -0.3 is 25.2 Å². The molecule has 0 radical (unpaired) electrons. The van der Waals surface area contributed by atoms with E-state index in [-0.39, 0.29) is 31.1 Å². The molecule has 0 spiro atoms. The Hall–Kier alpha value is -3.55. The average Bonchev–Trinajstić information content (AvgIpc) is 2.67. The lowest BCUT2D eigenvalue weighted by molar-refractivity contribution is -0.137. The number of hydrogen-bond acceptors (Lipinski definition) is 5. The maximum atomic E-state index is 12.6. The molecule has 0 aliphatic rings. The molecule has 0 aromatic heterocycles. The molecular formula is C20H22N2O6. The molecule has 8 heteroatoms. The number of anilines is 2. The van der Waals surface area contributed by atoms with E-state index < -0.39 is 5.97 Å². The summed E-state index contributed by atoms with van der Waals surface area (Å²) in [6, 6.07) is 11.5. The molecule has 148 valence electrons. The van der Waals surface area contributed by atoms with Gasteiger partial charge in [0.2, 0.25) is 5.91 Å². The van der Waals surface area contributed by atoms with Crippen LogP contribution in [0.2, 0.25) is 0 Å². The van der Waals surface area contributed by atoms with Crippen LogP contribution in [0.25, 0.3) is 0 Å². The van der Waals surface area contributed by atoms with Crippen molar-refractivity contribution in [3.05, 3.63) is 48.0 Å². The first-order valence-corrected chi connectivity index (χ1v) is 8.58. The van der Waals surface area contributed by atoms with E-state index in [1.54, 1.807) is 36.4 Å². The predicted octanol–water partition coefficient (Wildman–Crippen LogP) is 3.15. The van der Waals surface area contributed by atoms with Gasteiger partial charge in [0, 0.05) is 30.2 Å². The highest BCUT2D eigenvalue weighted by Gasteiger charge is 2.12. The molecule has 2 rings (SSSR count). The van der Waals surface area contributed by atoms with Crippen LogP contribution in [0.4, 0.5) is 11.4 Å². The average molecular weight is 386 g/mol. The molecule has 28 heavy (non-hydrogen) atoms. The second-order valence-corrected chi connectivity index (χ2v) is 5.90. The second kappa shape index (κ2) is 9.96. The first-order valence-electron chi connectivity index (χ1n) is 8.58. The fourth-order valence-electron chi connectivity index (χ4n) is 2.47. The number of amides is 2. The van der Waals surface area contributed by atoms with Crippen LogP contribution in [0.1, 0.15) is 29.6 Å². The Morgan fingerprint density at radius 2 is 1.75 bits per heavy atom. The van der Waals surface area contributed by atoms with E-state index in [0.29, 0.717) is 28.4 Å². The molecule has 0 aliphatic carbocycles. The molecule has 0 saturated heterocycles. The maximum Gasteiger partial charge on any atom is 0.303 e. The first-order chi connectivity index (χ1) is 13.4. The lowest BCUT2D eigenvalue weighted by atomic mass is 10.1. The van der Waals surface area contributed by atoms with E-state index in [1.807, 2.05) is 0 Å². The number of carbonyl (C=O) groups excluding carboxylic acids is 2. The summed E-state index contributed by atoms with van der Waals surface area (Å²) >= 11 is 0. The minimum absolute atomic E-state index is 0.0712. The summed E-state index contributed by atoms with van der Waals surface area (Å²) in [5.74, 6) is -0.586. The van der Waals surface area contributed by atoms with E-state index in [2.05, 4.69) is 10.6 Å². The van der Waals surface area contributed by atoms with Crippen LogP contribution in [0.3, 0.4) is 0 Å². The Kier molecular flexibility index (Phi) is 7.38. The van der Waals surface area contributed by atoms with Gasteiger partial charge in [0.05, 0.1) is 19.9 Å². The third kappa shape index (κ3) is 6.01. The van der Waals surface area contributed by atoms with Crippen molar-refractivity contribution in [3.63, 3.8) is 0 Å². The molecule has 2 amide bonds. The summed E-state index contributed by atoms with van der Waals surface area (Å²) < 4.78 is 10.4. The Balaban J connectivity index is 2.06. The van der Waals surface area contributed by atoms with Crippen molar-refractivity contribution >= 4 is 29.2 Å². The zero-order chi connectivity index (χ0) is 20.5. The van der Waals surface area contributed by atoms with Crippen molar-refractivity contribution in [2.45, 2.75) is 19.3 Å². The topological polar surface area (TPSA) is 114 Å². The lowest BCUT2D eigenvalue weighted by Crippen LogP contribution is -2.15. The number of methoxy groups -OCH3 is 2. The van der Waals surface area contributed by atoms with Crippen LogP contribution in [0, 0.1) is 0 Å². The van der Waals surface area contributed by atoms with Crippen LogP contribution >= 0.6 is 0 Å². The molecule has 0 atom stereocenters. The van der Waals surface area contributed by atoms with Crippen molar-refractivity contribution in [1.82, 2.24) is 0 Å². The van der Waals surface area contributed by atoms with Gasteiger partial charge in [0.25, 0.3) is 5.91 Å². The number of carboxylic acid groups (broad SMARTS) is 1. The zero-order valence-corrected chi connectivity index (χ0v) is 15.7. The summed E-state index contributed by atoms with van der Waals surface area (Å²) in [6.07, 6.45) is 0.263. The third-order valence-electron chi connectivity index (χ3n) is 3.86. The molecule has 3 N–H and O–H groups in total. The number of ether oxygens (including phenoxy) is 2.